The van der Waals surface area contributed by atoms with Crippen molar-refractivity contribution in [2.45, 2.75) is 71.6 Å². The zero-order chi connectivity index (χ0) is 36.8. The minimum atomic E-state index is -4.31. The van der Waals surface area contributed by atoms with Gasteiger partial charge in [-0.05, 0) is 122 Å². The number of nitrogens with zero attached hydrogens (tertiary/aromatic N) is 2. The summed E-state index contributed by atoms with van der Waals surface area (Å²) in [5.41, 5.74) is 6.66. The quantitative estimate of drug-likeness (QED) is 0.0874. The molecule has 1 aromatic heterocycles. The number of benzene rings is 3. The molecule has 6 rings (SSSR count). The van der Waals surface area contributed by atoms with E-state index in [1.54, 1.807) is 50.6 Å². The van der Waals surface area contributed by atoms with Crippen LogP contribution in [0, 0.1) is 13.8 Å². The van der Waals surface area contributed by atoms with E-state index in [1.807, 2.05) is 62.4 Å². The Labute approximate surface area is 304 Å². The normalized spacial score (nSPS) is 14.4. The molecule has 10 heteroatoms. The molecule has 0 amide bonds. The molecule has 272 valence electrons. The molecule has 0 saturated heterocycles. The summed E-state index contributed by atoms with van der Waals surface area (Å²) in [5.74, 6) is 1.36. The summed E-state index contributed by atoms with van der Waals surface area (Å²) in [7, 11) is 3.17. The lowest BCUT2D eigenvalue weighted by Gasteiger charge is -2.34. The fourth-order valence-corrected chi connectivity index (χ4v) is 7.50. The van der Waals surface area contributed by atoms with Crippen molar-refractivity contribution in [3.8, 4) is 28.5 Å². The average Bonchev–Trinajstić information content (AvgIpc) is 3.79. The second-order valence-electron chi connectivity index (χ2n) is 13.6. The van der Waals surface area contributed by atoms with Gasteiger partial charge in [-0.2, -0.15) is 0 Å². The summed E-state index contributed by atoms with van der Waals surface area (Å²) >= 11 is 0. The Balaban J connectivity index is 1.29. The van der Waals surface area contributed by atoms with Crippen LogP contribution in [0.25, 0.3) is 16.8 Å². The maximum Gasteiger partial charge on any atom is 0.737 e. The Hall–Kier alpha value is -5.12. The number of carboxylic acids is 1. The van der Waals surface area contributed by atoms with E-state index in [0.29, 0.717) is 52.0 Å². The Morgan fingerprint density at radius 1 is 0.712 bits per heavy atom. The standard InChI is InChI=1S/C42H47BF2N2O5/c1-29-27-35(52-26-12-10-8-6-5-7-9-11-13-40(48)49)28-30(2)41(29)42-38-24-22-36(31-14-18-33(50-3)19-15-31)46(38)43(44,45)47-37(23-25-39(42)47)32-16-20-34(51-4)21-17-32/h14-25,27-28H,5-13,26H2,1-4H3,(H,48,49). The molecule has 0 fully saturated rings. The molecular weight excluding hydrogens is 661 g/mol. The SMILES string of the molecule is COc1ccc(C2=[N+]3C(=C(c4c(C)cc(OCCCCCCCCCCC(=O)O)cc4C)c4ccc(-c5ccc(OC)cc5)n4[B-]3(F)F)C=C2)cc1. The number of ether oxygens (including phenoxy) is 3. The first-order valence-electron chi connectivity index (χ1n) is 18.2. The molecule has 2 aliphatic heterocycles. The Kier molecular flexibility index (Phi) is 11.3. The van der Waals surface area contributed by atoms with Gasteiger partial charge in [0, 0.05) is 35.5 Å². The molecule has 7 nitrogen and oxygen atoms in total. The van der Waals surface area contributed by atoms with Gasteiger partial charge in [0.15, 0.2) is 11.4 Å². The minimum absolute atomic E-state index is 0.255. The van der Waals surface area contributed by atoms with E-state index >= 15 is 8.63 Å². The van der Waals surface area contributed by atoms with Crippen molar-refractivity contribution in [3.05, 3.63) is 119 Å². The number of aryl methyl sites for hydroxylation is 2. The molecule has 4 aromatic rings. The monoisotopic (exact) mass is 708 g/mol. The number of allylic oxidation sites excluding steroid dienone is 2. The van der Waals surface area contributed by atoms with Gasteiger partial charge in [0.25, 0.3) is 0 Å². The van der Waals surface area contributed by atoms with Crippen LogP contribution in [0.2, 0.25) is 0 Å². The summed E-state index contributed by atoms with van der Waals surface area (Å²) in [6.45, 7) is 0.328. The molecule has 0 atom stereocenters. The Morgan fingerprint density at radius 2 is 1.25 bits per heavy atom. The zero-order valence-electron chi connectivity index (χ0n) is 30.5. The van der Waals surface area contributed by atoms with E-state index in [4.69, 9.17) is 19.3 Å². The molecule has 0 aliphatic carbocycles. The first-order valence-corrected chi connectivity index (χ1v) is 18.2. The predicted octanol–water partition coefficient (Wildman–Crippen LogP) is 9.83. The number of aromatic nitrogens is 1. The Morgan fingerprint density at radius 3 is 1.83 bits per heavy atom. The van der Waals surface area contributed by atoms with E-state index in [-0.39, 0.29) is 6.42 Å². The molecule has 52 heavy (non-hydrogen) atoms. The van der Waals surface area contributed by atoms with Crippen molar-refractivity contribution in [1.29, 1.82) is 0 Å². The topological polar surface area (TPSA) is 72.9 Å². The highest BCUT2D eigenvalue weighted by atomic mass is 19.2. The smallest absolute Gasteiger partial charge is 0.497 e. The summed E-state index contributed by atoms with van der Waals surface area (Å²) in [6.07, 6.45) is 12.1. The van der Waals surface area contributed by atoms with Gasteiger partial charge in [0.2, 0.25) is 0 Å². The molecule has 0 saturated carbocycles. The second kappa shape index (κ2) is 16.1. The lowest BCUT2D eigenvalue weighted by molar-refractivity contribution is -0.360. The number of carboxylic acid groups (broad SMARTS) is 1. The van der Waals surface area contributed by atoms with Gasteiger partial charge in [-0.3, -0.25) is 4.79 Å². The fourth-order valence-electron chi connectivity index (χ4n) is 7.50. The highest BCUT2D eigenvalue weighted by molar-refractivity contribution is 6.59. The van der Waals surface area contributed by atoms with E-state index in [9.17, 15) is 4.79 Å². The van der Waals surface area contributed by atoms with E-state index in [1.165, 1.54) is 8.96 Å². The predicted molar refractivity (Wildman–Crippen MR) is 203 cm³/mol. The van der Waals surface area contributed by atoms with Crippen LogP contribution in [0.5, 0.6) is 17.2 Å². The van der Waals surface area contributed by atoms with Gasteiger partial charge >= 0.3 is 12.9 Å². The van der Waals surface area contributed by atoms with Crippen LogP contribution in [0.1, 0.15) is 85.7 Å². The molecule has 0 spiro atoms. The van der Waals surface area contributed by atoms with E-state index in [2.05, 4.69) is 0 Å². The van der Waals surface area contributed by atoms with E-state index < -0.39 is 12.9 Å². The molecule has 2 aliphatic rings. The van der Waals surface area contributed by atoms with Gasteiger partial charge in [-0.25, -0.2) is 0 Å². The van der Waals surface area contributed by atoms with Gasteiger partial charge in [-0.15, -0.1) is 0 Å². The number of fused-ring (bicyclic) bond motifs is 2. The fraction of sp³-hybridized carbons (Fsp3) is 0.333. The van der Waals surface area contributed by atoms with Crippen molar-refractivity contribution in [3.63, 3.8) is 0 Å². The van der Waals surface area contributed by atoms with Gasteiger partial charge in [-0.1, -0.05) is 38.5 Å². The third-order valence-electron chi connectivity index (χ3n) is 10.1. The first-order chi connectivity index (χ1) is 25.1. The Bertz CT molecular complexity index is 1990. The summed E-state index contributed by atoms with van der Waals surface area (Å²) in [5, 5.41) is 8.77. The summed E-state index contributed by atoms with van der Waals surface area (Å²) in [6, 6.07) is 22.1. The molecule has 0 unspecified atom stereocenters. The van der Waals surface area contributed by atoms with Crippen LogP contribution >= 0.6 is 0 Å². The lowest BCUT2D eigenvalue weighted by Crippen LogP contribution is -2.51. The third kappa shape index (κ3) is 7.57. The van der Waals surface area contributed by atoms with Crippen molar-refractivity contribution in [2.75, 3.05) is 20.8 Å². The zero-order valence-corrected chi connectivity index (χ0v) is 30.5. The molecule has 0 bridgehead atoms. The number of rotatable bonds is 17. The highest BCUT2D eigenvalue weighted by Crippen LogP contribution is 2.45. The van der Waals surface area contributed by atoms with Crippen LogP contribution in [-0.4, -0.2) is 53.5 Å². The van der Waals surface area contributed by atoms with Gasteiger partial charge < -0.3 is 36.9 Å². The van der Waals surface area contributed by atoms with Crippen LogP contribution < -0.4 is 14.2 Å². The summed E-state index contributed by atoms with van der Waals surface area (Å²) < 4.78 is 53.8. The van der Waals surface area contributed by atoms with Crippen LogP contribution in [0.4, 0.5) is 8.63 Å². The summed E-state index contributed by atoms with van der Waals surface area (Å²) in [4.78, 5) is 10.7. The van der Waals surface area contributed by atoms with Crippen LogP contribution in [0.15, 0.2) is 90.6 Å². The highest BCUT2D eigenvalue weighted by Gasteiger charge is 2.55. The number of halogens is 2. The number of unbranched alkanes of at least 4 members (excludes halogenated alkanes) is 7. The first kappa shape index (κ1) is 36.7. The number of aliphatic carboxylic acids is 1. The largest absolute Gasteiger partial charge is 0.737 e. The molecule has 3 heterocycles. The molecule has 0 radical (unpaired) electrons. The number of methoxy groups -OCH3 is 2. The molecule has 3 aromatic carbocycles. The third-order valence-corrected chi connectivity index (χ3v) is 10.1. The lowest BCUT2D eigenvalue weighted by atomic mass is 9.83. The van der Waals surface area contributed by atoms with Crippen LogP contribution in [-0.2, 0) is 4.79 Å². The number of hydrogen-bond acceptors (Lipinski definition) is 4. The molecular formula is C42H47BF2N2O5. The van der Waals surface area contributed by atoms with Gasteiger partial charge in [0.1, 0.15) is 17.2 Å². The second-order valence-corrected chi connectivity index (χ2v) is 13.6. The van der Waals surface area contributed by atoms with Crippen molar-refractivity contribution >= 4 is 24.2 Å². The van der Waals surface area contributed by atoms with Crippen LogP contribution in [0.3, 0.4) is 0 Å². The van der Waals surface area contributed by atoms with Crippen molar-refractivity contribution in [2.24, 2.45) is 0 Å². The maximum absolute atomic E-state index is 17.2. The van der Waals surface area contributed by atoms with Crippen molar-refractivity contribution < 1.29 is 37.2 Å². The number of carbonyl (C=O) groups is 1. The van der Waals surface area contributed by atoms with Gasteiger partial charge in [0.05, 0.1) is 26.4 Å². The maximum atomic E-state index is 17.2. The average molecular weight is 709 g/mol. The van der Waals surface area contributed by atoms with Crippen molar-refractivity contribution in [1.82, 2.24) is 4.48 Å². The molecule has 1 N–H and O–H groups in total. The minimum Gasteiger partial charge on any atom is -0.497 e. The van der Waals surface area contributed by atoms with E-state index in [0.717, 1.165) is 79.4 Å². The number of hydrogen-bond donors (Lipinski definition) is 1.